The Morgan fingerprint density at radius 3 is 2.85 bits per heavy atom. The van der Waals surface area contributed by atoms with Gasteiger partial charge in [-0.25, -0.2) is 9.97 Å². The molecule has 1 amide bonds. The maximum Gasteiger partial charge on any atom is 0.269 e. The normalized spacial score (nSPS) is 15.7. The van der Waals surface area contributed by atoms with Gasteiger partial charge in [0.25, 0.3) is 5.91 Å². The first-order chi connectivity index (χ1) is 12.9. The number of aromatic nitrogens is 2. The summed E-state index contributed by atoms with van der Waals surface area (Å²) in [6.07, 6.45) is 1.64. The fourth-order valence-electron chi connectivity index (χ4n) is 3.13. The third kappa shape index (κ3) is 3.05. The van der Waals surface area contributed by atoms with Gasteiger partial charge >= 0.3 is 0 Å². The number of rotatable bonds is 3. The summed E-state index contributed by atoms with van der Waals surface area (Å²) in [5, 5.41) is 3.25. The molecule has 140 valence electrons. The quantitative estimate of drug-likeness (QED) is 0.546. The van der Waals surface area contributed by atoms with E-state index in [0.29, 0.717) is 22.5 Å². The van der Waals surface area contributed by atoms with Crippen molar-refractivity contribution in [2.24, 2.45) is 0 Å². The monoisotopic (exact) mass is 386 g/mol. The summed E-state index contributed by atoms with van der Waals surface area (Å²) in [7, 11) is 0.244. The Labute approximate surface area is 157 Å². The summed E-state index contributed by atoms with van der Waals surface area (Å²) >= 11 is 0. The average Bonchev–Trinajstić information content (AvgIpc) is 2.98. The van der Waals surface area contributed by atoms with Gasteiger partial charge in [-0.2, -0.15) is 0 Å². The fraction of sp³-hybridized carbons (Fsp3) is 0.167. The number of pyridine rings is 2. The van der Waals surface area contributed by atoms with Crippen LogP contribution in [0.3, 0.4) is 0 Å². The minimum Gasteiger partial charge on any atom is -0.481 e. The van der Waals surface area contributed by atoms with Gasteiger partial charge in [-0.15, -0.1) is 10.8 Å². The number of nitrogens with one attached hydrogen (secondary N) is 2. The zero-order chi connectivity index (χ0) is 19.2. The molecule has 1 aromatic carbocycles. The first-order valence-electron chi connectivity index (χ1n) is 8.14. The van der Waals surface area contributed by atoms with Crippen molar-refractivity contribution >= 4 is 33.3 Å². The molecule has 2 aromatic heterocycles. The zero-order valence-corrected chi connectivity index (χ0v) is 15.5. The predicted molar refractivity (Wildman–Crippen MR) is 105 cm³/mol. The molecule has 0 radical (unpaired) electrons. The molecule has 0 saturated carbocycles. The number of fused-ring (bicyclic) bond motifs is 2. The first kappa shape index (κ1) is 17.5. The molecule has 3 aromatic rings. The second kappa shape index (κ2) is 6.38. The van der Waals surface area contributed by atoms with Gasteiger partial charge in [0, 0.05) is 18.8 Å². The molecular weight excluding hydrogens is 368 g/mol. The molecular formula is C18H18N4O4S. The van der Waals surface area contributed by atoms with Gasteiger partial charge in [-0.05, 0) is 35.4 Å². The summed E-state index contributed by atoms with van der Waals surface area (Å²) in [6, 6.07) is 8.90. The Morgan fingerprint density at radius 2 is 2.11 bits per heavy atom. The molecule has 0 spiro atoms. The maximum atomic E-state index is 12.0. The van der Waals surface area contributed by atoms with Gasteiger partial charge in [0.1, 0.15) is 5.69 Å². The van der Waals surface area contributed by atoms with Crippen molar-refractivity contribution < 1.29 is 18.6 Å². The summed E-state index contributed by atoms with van der Waals surface area (Å²) in [4.78, 5) is 20.9. The highest BCUT2D eigenvalue weighted by Crippen LogP contribution is 2.51. The van der Waals surface area contributed by atoms with E-state index < -0.39 is 10.8 Å². The first-order valence-corrected chi connectivity index (χ1v) is 9.86. The molecule has 0 unspecified atom stereocenters. The Bertz CT molecular complexity index is 1070. The number of methoxy groups -OCH3 is 1. The number of carbonyl (C=O) groups excluding carboxylic acids is 1. The number of anilines is 1. The number of ether oxygens (including phenoxy) is 1. The molecule has 9 heteroatoms. The van der Waals surface area contributed by atoms with Gasteiger partial charge in [0.2, 0.25) is 5.88 Å². The third-order valence-corrected chi connectivity index (χ3v) is 5.65. The largest absolute Gasteiger partial charge is 0.481 e. The van der Waals surface area contributed by atoms with Gasteiger partial charge in [0.05, 0.1) is 29.5 Å². The minimum atomic E-state index is -2.83. The van der Waals surface area contributed by atoms with Crippen LogP contribution in [-0.4, -0.2) is 39.1 Å². The zero-order valence-electron chi connectivity index (χ0n) is 14.7. The van der Waals surface area contributed by atoms with E-state index in [9.17, 15) is 13.9 Å². The lowest BCUT2D eigenvalue weighted by Crippen LogP contribution is -2.19. The molecule has 27 heavy (non-hydrogen) atoms. The minimum absolute atomic E-state index is 0.147. The molecule has 1 aliphatic rings. The van der Waals surface area contributed by atoms with E-state index in [1.54, 1.807) is 31.4 Å². The highest BCUT2D eigenvalue weighted by atomic mass is 32.3. The van der Waals surface area contributed by atoms with E-state index in [-0.39, 0.29) is 17.4 Å². The van der Waals surface area contributed by atoms with E-state index in [1.165, 1.54) is 7.11 Å². The number of amides is 1. The van der Waals surface area contributed by atoms with Crippen LogP contribution in [0.2, 0.25) is 0 Å². The van der Waals surface area contributed by atoms with Gasteiger partial charge in [-0.1, -0.05) is 6.07 Å². The average molecular weight is 386 g/mol. The highest BCUT2D eigenvalue weighted by molar-refractivity contribution is 8.25. The molecule has 0 aliphatic carbocycles. The predicted octanol–water partition coefficient (Wildman–Crippen LogP) is 3.26. The van der Waals surface area contributed by atoms with E-state index >= 15 is 0 Å². The standard InChI is InChI=1S/C18H18N4O4S/c1-19-17(23)15-6-4-12-16(21-15)13(8-20-18(12)26-2)10-3-5-14-11(7-10)9-27(24,25)22-14/h3-8,22,24-25H,9H2,1-2H3,(H,19,23). The smallest absolute Gasteiger partial charge is 0.269 e. The Morgan fingerprint density at radius 1 is 1.30 bits per heavy atom. The Hall–Kier alpha value is -2.88. The van der Waals surface area contributed by atoms with Crippen LogP contribution in [0.25, 0.3) is 22.0 Å². The van der Waals surface area contributed by atoms with Gasteiger partial charge in [-0.3, -0.25) is 18.6 Å². The number of carbonyl (C=O) groups is 1. The molecule has 0 atom stereocenters. The van der Waals surface area contributed by atoms with Gasteiger partial charge in [0.15, 0.2) is 0 Å². The summed E-state index contributed by atoms with van der Waals surface area (Å²) in [6.45, 7) is 0. The fourth-order valence-corrected chi connectivity index (χ4v) is 4.42. The Kier molecular flexibility index (Phi) is 4.14. The van der Waals surface area contributed by atoms with Crippen molar-refractivity contribution in [1.82, 2.24) is 15.3 Å². The number of hydrogen-bond donors (Lipinski definition) is 4. The molecule has 0 bridgehead atoms. The van der Waals surface area contributed by atoms with Crippen LogP contribution < -0.4 is 14.8 Å². The topological polar surface area (TPSA) is 117 Å². The molecule has 4 rings (SSSR count). The maximum absolute atomic E-state index is 12.0. The summed E-state index contributed by atoms with van der Waals surface area (Å²) in [5.41, 5.74) is 3.91. The number of benzene rings is 1. The van der Waals surface area contributed by atoms with Crippen molar-refractivity contribution in [2.45, 2.75) is 5.75 Å². The second-order valence-electron chi connectivity index (χ2n) is 6.14. The van der Waals surface area contributed by atoms with Crippen molar-refractivity contribution in [3.8, 4) is 17.0 Å². The lowest BCUT2D eigenvalue weighted by molar-refractivity contribution is 0.0958. The number of hydrogen-bond acceptors (Lipinski definition) is 7. The van der Waals surface area contributed by atoms with Crippen LogP contribution in [0.15, 0.2) is 36.5 Å². The van der Waals surface area contributed by atoms with Crippen molar-refractivity contribution in [3.63, 3.8) is 0 Å². The summed E-state index contributed by atoms with van der Waals surface area (Å²) < 4.78 is 27.8. The van der Waals surface area contributed by atoms with Crippen LogP contribution >= 0.6 is 10.8 Å². The van der Waals surface area contributed by atoms with E-state index in [1.807, 2.05) is 12.1 Å². The van der Waals surface area contributed by atoms with Crippen molar-refractivity contribution in [3.05, 3.63) is 47.8 Å². The van der Waals surface area contributed by atoms with Crippen molar-refractivity contribution in [2.75, 3.05) is 18.9 Å². The van der Waals surface area contributed by atoms with E-state index in [0.717, 1.165) is 16.7 Å². The SMILES string of the molecule is CNC(=O)c1ccc2c(OC)ncc(-c3ccc4c(c3)CS(O)(O)N4)c2n1. The molecule has 1 aliphatic heterocycles. The highest BCUT2D eigenvalue weighted by Gasteiger charge is 2.25. The third-order valence-electron chi connectivity index (χ3n) is 4.39. The Balaban J connectivity index is 1.90. The molecule has 0 fully saturated rings. The summed E-state index contributed by atoms with van der Waals surface area (Å²) in [5.74, 6) is 0.279. The van der Waals surface area contributed by atoms with E-state index in [4.69, 9.17) is 4.74 Å². The van der Waals surface area contributed by atoms with Crippen LogP contribution in [0.5, 0.6) is 5.88 Å². The lowest BCUT2D eigenvalue weighted by Gasteiger charge is -2.26. The molecule has 4 N–H and O–H groups in total. The van der Waals surface area contributed by atoms with Gasteiger partial charge < -0.3 is 10.1 Å². The molecule has 8 nitrogen and oxygen atoms in total. The van der Waals surface area contributed by atoms with Crippen LogP contribution in [-0.2, 0) is 5.75 Å². The van der Waals surface area contributed by atoms with Crippen LogP contribution in [0.1, 0.15) is 16.1 Å². The lowest BCUT2D eigenvalue weighted by atomic mass is 10.0. The van der Waals surface area contributed by atoms with Crippen molar-refractivity contribution in [1.29, 1.82) is 0 Å². The van der Waals surface area contributed by atoms with Crippen LogP contribution in [0, 0.1) is 0 Å². The second-order valence-corrected chi connectivity index (χ2v) is 7.96. The molecule has 3 heterocycles. The van der Waals surface area contributed by atoms with E-state index in [2.05, 4.69) is 20.0 Å². The number of nitrogens with zero attached hydrogens (tertiary/aromatic N) is 2. The molecule has 0 saturated heterocycles. The van der Waals surface area contributed by atoms with Crippen LogP contribution in [0.4, 0.5) is 5.69 Å².